The van der Waals surface area contributed by atoms with Crippen LogP contribution >= 0.6 is 7.92 Å². The van der Waals surface area contributed by atoms with E-state index in [9.17, 15) is 10.2 Å². The van der Waals surface area contributed by atoms with Gasteiger partial charge in [0.25, 0.3) is 0 Å². The van der Waals surface area contributed by atoms with Crippen molar-refractivity contribution in [1.82, 2.24) is 0 Å². The summed E-state index contributed by atoms with van der Waals surface area (Å²) in [7, 11) is -0.326. The van der Waals surface area contributed by atoms with Gasteiger partial charge in [-0.1, -0.05) is 44.1 Å². The second-order valence-corrected chi connectivity index (χ2v) is 5.67. The molecule has 1 aromatic rings. The van der Waals surface area contributed by atoms with Gasteiger partial charge in [0.15, 0.2) is 5.79 Å². The Morgan fingerprint density at radius 3 is 2.43 bits per heavy atom. The second kappa shape index (κ2) is 3.82. The molecule has 0 bridgehead atoms. The molecule has 0 fully saturated rings. The molecule has 2 N–H and O–H groups in total. The van der Waals surface area contributed by atoms with Crippen LogP contribution in [0.3, 0.4) is 0 Å². The third-order valence-corrected chi connectivity index (χ3v) is 4.51. The van der Waals surface area contributed by atoms with E-state index in [0.717, 1.165) is 6.16 Å². The molecule has 2 rings (SSSR count). The van der Waals surface area contributed by atoms with Gasteiger partial charge in [-0.3, -0.25) is 0 Å². The summed E-state index contributed by atoms with van der Waals surface area (Å²) in [6, 6.07) is 10.2. The summed E-state index contributed by atoms with van der Waals surface area (Å²) < 4.78 is 0. The first-order valence-electron chi connectivity index (χ1n) is 4.63. The van der Waals surface area contributed by atoms with Gasteiger partial charge < -0.3 is 10.2 Å². The number of hydrogen-bond donors (Lipinski definition) is 2. The molecule has 0 saturated heterocycles. The van der Waals surface area contributed by atoms with Crippen molar-refractivity contribution in [2.75, 3.05) is 6.16 Å². The van der Waals surface area contributed by atoms with Crippen molar-refractivity contribution in [2.24, 2.45) is 0 Å². The van der Waals surface area contributed by atoms with Crippen LogP contribution in [0.2, 0.25) is 0 Å². The summed E-state index contributed by atoms with van der Waals surface area (Å²) in [5.74, 6) is 0.363. The highest BCUT2D eigenvalue weighted by Crippen LogP contribution is 2.42. The molecule has 1 heterocycles. The Hall–Kier alpha value is -0.690. The highest BCUT2D eigenvalue weighted by molar-refractivity contribution is 7.68. The fourth-order valence-corrected chi connectivity index (χ4v) is 3.61. The van der Waals surface area contributed by atoms with E-state index in [1.807, 2.05) is 24.0 Å². The Morgan fingerprint density at radius 1 is 1.14 bits per heavy atom. The van der Waals surface area contributed by atoms with Gasteiger partial charge in [-0.05, 0) is 17.5 Å². The van der Waals surface area contributed by atoms with Gasteiger partial charge >= 0.3 is 0 Å². The van der Waals surface area contributed by atoms with Crippen LogP contribution in [-0.4, -0.2) is 22.2 Å². The van der Waals surface area contributed by atoms with E-state index < -0.39 is 5.79 Å². The fraction of sp³-hybridized carbons (Fsp3) is 0.273. The Balaban J connectivity index is 2.17. The highest BCUT2D eigenvalue weighted by atomic mass is 31.1. The SMILES string of the molecule is OC1(O)C=CP(c2ccccc2)CC1. The number of hydrogen-bond acceptors (Lipinski definition) is 2. The third kappa shape index (κ3) is 2.21. The van der Waals surface area contributed by atoms with Crippen molar-refractivity contribution in [3.63, 3.8) is 0 Å². The van der Waals surface area contributed by atoms with E-state index in [0.29, 0.717) is 6.42 Å². The minimum Gasteiger partial charge on any atom is -0.362 e. The molecule has 74 valence electrons. The summed E-state index contributed by atoms with van der Waals surface area (Å²) in [5.41, 5.74) is 0. The molecule has 0 radical (unpaired) electrons. The monoisotopic (exact) mass is 208 g/mol. The molecule has 0 aliphatic carbocycles. The molecule has 0 aromatic heterocycles. The van der Waals surface area contributed by atoms with Gasteiger partial charge in [0.2, 0.25) is 0 Å². The summed E-state index contributed by atoms with van der Waals surface area (Å²) in [6.45, 7) is 0. The summed E-state index contributed by atoms with van der Waals surface area (Å²) in [6.07, 6.45) is 2.79. The fourth-order valence-electron chi connectivity index (χ4n) is 1.49. The first kappa shape index (κ1) is 9.85. The minimum atomic E-state index is -1.58. The summed E-state index contributed by atoms with van der Waals surface area (Å²) in [4.78, 5) is 0. The first-order chi connectivity index (χ1) is 6.67. The van der Waals surface area contributed by atoms with Crippen LogP contribution in [0.5, 0.6) is 0 Å². The lowest BCUT2D eigenvalue weighted by molar-refractivity contribution is -0.119. The Morgan fingerprint density at radius 2 is 1.86 bits per heavy atom. The van der Waals surface area contributed by atoms with Gasteiger partial charge in [-0.15, -0.1) is 0 Å². The van der Waals surface area contributed by atoms with Crippen LogP contribution in [0.15, 0.2) is 42.2 Å². The number of aliphatic hydroxyl groups is 2. The van der Waals surface area contributed by atoms with Crippen molar-refractivity contribution in [3.8, 4) is 0 Å². The maximum atomic E-state index is 9.32. The van der Waals surface area contributed by atoms with Gasteiger partial charge in [0.1, 0.15) is 0 Å². The van der Waals surface area contributed by atoms with Crippen LogP contribution in [-0.2, 0) is 0 Å². The minimum absolute atomic E-state index is 0.326. The molecule has 1 aliphatic rings. The smallest absolute Gasteiger partial charge is 0.183 e. The van der Waals surface area contributed by atoms with Crippen LogP contribution < -0.4 is 5.30 Å². The van der Waals surface area contributed by atoms with Crippen LogP contribution in [0, 0.1) is 0 Å². The Labute approximate surface area is 84.6 Å². The topological polar surface area (TPSA) is 40.5 Å². The highest BCUT2D eigenvalue weighted by Gasteiger charge is 2.25. The average molecular weight is 208 g/mol. The molecular formula is C11H13O2P. The largest absolute Gasteiger partial charge is 0.362 e. The van der Waals surface area contributed by atoms with Crippen molar-refractivity contribution < 1.29 is 10.2 Å². The normalized spacial score (nSPS) is 24.9. The lowest BCUT2D eigenvalue weighted by Gasteiger charge is -2.26. The van der Waals surface area contributed by atoms with Crippen molar-refractivity contribution in [1.29, 1.82) is 0 Å². The molecule has 14 heavy (non-hydrogen) atoms. The van der Waals surface area contributed by atoms with Crippen molar-refractivity contribution in [3.05, 3.63) is 42.2 Å². The molecular weight excluding hydrogens is 195 g/mol. The summed E-state index contributed by atoms with van der Waals surface area (Å²) in [5, 5.41) is 19.9. The third-order valence-electron chi connectivity index (χ3n) is 2.33. The Kier molecular flexibility index (Phi) is 2.69. The Bertz CT molecular complexity index is 332. The van der Waals surface area contributed by atoms with Gasteiger partial charge in [-0.2, -0.15) is 0 Å². The van der Waals surface area contributed by atoms with E-state index in [1.165, 1.54) is 11.4 Å². The predicted octanol–water partition coefficient (Wildman–Crippen LogP) is 1.39. The van der Waals surface area contributed by atoms with E-state index in [-0.39, 0.29) is 7.92 Å². The van der Waals surface area contributed by atoms with Gasteiger partial charge in [0, 0.05) is 6.42 Å². The molecule has 3 heteroatoms. The van der Waals surface area contributed by atoms with Crippen molar-refractivity contribution in [2.45, 2.75) is 12.2 Å². The number of benzene rings is 1. The molecule has 0 saturated carbocycles. The molecule has 0 spiro atoms. The lowest BCUT2D eigenvalue weighted by Crippen LogP contribution is -2.28. The molecule has 1 unspecified atom stereocenters. The molecule has 1 atom stereocenters. The quantitative estimate of drug-likeness (QED) is 0.541. The zero-order valence-corrected chi connectivity index (χ0v) is 8.69. The van der Waals surface area contributed by atoms with E-state index in [2.05, 4.69) is 12.1 Å². The standard InChI is InChI=1S/C11H13O2P/c12-11(13)6-8-14(9-7-11)10-4-2-1-3-5-10/h1-6,8,12-13H,7,9H2. The molecule has 0 amide bonds. The molecule has 2 nitrogen and oxygen atoms in total. The van der Waals surface area contributed by atoms with Gasteiger partial charge in [0.05, 0.1) is 0 Å². The van der Waals surface area contributed by atoms with Crippen molar-refractivity contribution >= 4 is 13.2 Å². The molecule has 1 aromatic carbocycles. The zero-order chi connectivity index (χ0) is 10.0. The van der Waals surface area contributed by atoms with Crippen LogP contribution in [0.1, 0.15) is 6.42 Å². The number of rotatable bonds is 1. The average Bonchev–Trinajstić information content (AvgIpc) is 2.19. The van der Waals surface area contributed by atoms with Gasteiger partial charge in [-0.25, -0.2) is 0 Å². The van der Waals surface area contributed by atoms with E-state index >= 15 is 0 Å². The van der Waals surface area contributed by atoms with E-state index in [4.69, 9.17) is 0 Å². The summed E-state index contributed by atoms with van der Waals surface area (Å²) >= 11 is 0. The lowest BCUT2D eigenvalue weighted by atomic mass is 10.2. The maximum absolute atomic E-state index is 9.32. The molecule has 1 aliphatic heterocycles. The van der Waals surface area contributed by atoms with Crippen LogP contribution in [0.25, 0.3) is 0 Å². The predicted molar refractivity (Wildman–Crippen MR) is 58.8 cm³/mol. The second-order valence-electron chi connectivity index (χ2n) is 3.47. The first-order valence-corrected chi connectivity index (χ1v) is 6.23. The van der Waals surface area contributed by atoms with Crippen LogP contribution in [0.4, 0.5) is 0 Å². The zero-order valence-electron chi connectivity index (χ0n) is 7.80. The van der Waals surface area contributed by atoms with E-state index in [1.54, 1.807) is 0 Å². The maximum Gasteiger partial charge on any atom is 0.183 e.